The molecule has 0 radical (unpaired) electrons. The van der Waals surface area contributed by atoms with E-state index in [1.807, 2.05) is 19.9 Å². The lowest BCUT2D eigenvalue weighted by molar-refractivity contribution is -0.142. The predicted octanol–water partition coefficient (Wildman–Crippen LogP) is 2.97. The highest BCUT2D eigenvalue weighted by atomic mass is 16.5. The molecule has 0 saturated heterocycles. The van der Waals surface area contributed by atoms with Crippen LogP contribution in [-0.4, -0.2) is 30.2 Å². The molecule has 6 nitrogen and oxygen atoms in total. The third-order valence-electron chi connectivity index (χ3n) is 3.64. The average molecular weight is 357 g/mol. The van der Waals surface area contributed by atoms with Crippen LogP contribution < -0.4 is 14.8 Å². The molecule has 0 aliphatic heterocycles. The maximum atomic E-state index is 12.3. The van der Waals surface area contributed by atoms with Gasteiger partial charge in [-0.3, -0.25) is 4.79 Å². The molecule has 6 heteroatoms. The van der Waals surface area contributed by atoms with Gasteiger partial charge in [0.1, 0.15) is 11.5 Å². The first-order valence-corrected chi connectivity index (χ1v) is 8.30. The second kappa shape index (κ2) is 8.89. The quantitative estimate of drug-likeness (QED) is 0.759. The van der Waals surface area contributed by atoms with Crippen LogP contribution in [0.25, 0.3) is 0 Å². The van der Waals surface area contributed by atoms with E-state index in [-0.39, 0.29) is 18.4 Å². The third kappa shape index (κ3) is 5.51. The van der Waals surface area contributed by atoms with E-state index in [4.69, 9.17) is 9.47 Å². The minimum absolute atomic E-state index is 0.0329. The van der Waals surface area contributed by atoms with Gasteiger partial charge in [-0.05, 0) is 49.2 Å². The van der Waals surface area contributed by atoms with E-state index in [0.29, 0.717) is 17.1 Å². The van der Waals surface area contributed by atoms with Gasteiger partial charge in [0.15, 0.2) is 6.04 Å². The van der Waals surface area contributed by atoms with Crippen molar-refractivity contribution in [1.82, 2.24) is 5.32 Å². The van der Waals surface area contributed by atoms with Crippen LogP contribution in [0.3, 0.4) is 0 Å². The number of carbonyl (C=O) groups is 2. The second-order valence-electron chi connectivity index (χ2n) is 6.10. The van der Waals surface area contributed by atoms with Crippen LogP contribution in [0, 0.1) is 0 Å². The van der Waals surface area contributed by atoms with Gasteiger partial charge in [-0.25, -0.2) is 4.79 Å². The summed E-state index contributed by atoms with van der Waals surface area (Å²) in [6, 6.07) is 12.6. The summed E-state index contributed by atoms with van der Waals surface area (Å²) in [4.78, 5) is 23.9. The topological polar surface area (TPSA) is 84.9 Å². The van der Waals surface area contributed by atoms with E-state index in [1.165, 1.54) is 7.11 Å². The van der Waals surface area contributed by atoms with Gasteiger partial charge < -0.3 is 19.9 Å². The van der Waals surface area contributed by atoms with Crippen LogP contribution in [0.2, 0.25) is 0 Å². The number of carbonyl (C=O) groups excluding carboxylic acids is 1. The van der Waals surface area contributed by atoms with Gasteiger partial charge in [-0.2, -0.15) is 0 Å². The molecule has 0 fully saturated rings. The summed E-state index contributed by atoms with van der Waals surface area (Å²) in [7, 11) is 1.53. The summed E-state index contributed by atoms with van der Waals surface area (Å²) in [5.41, 5.74) is 1.23. The molecule has 2 aromatic carbocycles. The van der Waals surface area contributed by atoms with Crippen LogP contribution in [0.15, 0.2) is 48.5 Å². The highest BCUT2D eigenvalue weighted by Gasteiger charge is 2.22. The first kappa shape index (κ1) is 19.3. The number of rotatable bonds is 8. The van der Waals surface area contributed by atoms with Crippen molar-refractivity contribution in [3.05, 3.63) is 59.7 Å². The number of amides is 1. The van der Waals surface area contributed by atoms with Crippen LogP contribution in [-0.2, 0) is 16.0 Å². The van der Waals surface area contributed by atoms with Crippen LogP contribution in [0.4, 0.5) is 0 Å². The molecule has 0 aromatic heterocycles. The SMILES string of the molecule is COc1ccc(C(NC(=O)Cc2cccc(OC(C)C)c2)C(=O)O)cc1. The van der Waals surface area contributed by atoms with Gasteiger partial charge in [0.25, 0.3) is 0 Å². The highest BCUT2D eigenvalue weighted by Crippen LogP contribution is 2.19. The Bertz CT molecular complexity index is 755. The fourth-order valence-corrected chi connectivity index (χ4v) is 2.48. The maximum absolute atomic E-state index is 12.3. The zero-order valence-electron chi connectivity index (χ0n) is 15.1. The van der Waals surface area contributed by atoms with E-state index in [9.17, 15) is 14.7 Å². The summed E-state index contributed by atoms with van der Waals surface area (Å²) in [6.07, 6.45) is 0.0976. The van der Waals surface area contributed by atoms with Gasteiger partial charge in [0.2, 0.25) is 5.91 Å². The first-order valence-electron chi connectivity index (χ1n) is 8.30. The lowest BCUT2D eigenvalue weighted by Crippen LogP contribution is -2.34. The van der Waals surface area contributed by atoms with Crippen molar-refractivity contribution in [3.8, 4) is 11.5 Å². The molecule has 2 rings (SSSR count). The van der Waals surface area contributed by atoms with Crippen LogP contribution in [0.1, 0.15) is 31.0 Å². The van der Waals surface area contributed by atoms with Crippen LogP contribution in [0.5, 0.6) is 11.5 Å². The molecule has 1 unspecified atom stereocenters. The summed E-state index contributed by atoms with van der Waals surface area (Å²) >= 11 is 0. The zero-order chi connectivity index (χ0) is 19.1. The lowest BCUT2D eigenvalue weighted by Gasteiger charge is -2.16. The molecular formula is C20H23NO5. The molecule has 2 aromatic rings. The third-order valence-corrected chi connectivity index (χ3v) is 3.64. The first-order chi connectivity index (χ1) is 12.4. The average Bonchev–Trinajstić information content (AvgIpc) is 2.59. The molecular weight excluding hydrogens is 334 g/mol. The lowest BCUT2D eigenvalue weighted by atomic mass is 10.1. The van der Waals surface area contributed by atoms with E-state index in [1.54, 1.807) is 42.5 Å². The largest absolute Gasteiger partial charge is 0.497 e. The number of methoxy groups -OCH3 is 1. The van der Waals surface area contributed by atoms with Crippen LogP contribution >= 0.6 is 0 Å². The molecule has 2 N–H and O–H groups in total. The normalized spacial score (nSPS) is 11.7. The molecule has 0 saturated carbocycles. The van der Waals surface area contributed by atoms with E-state index in [0.717, 1.165) is 5.56 Å². The highest BCUT2D eigenvalue weighted by molar-refractivity contribution is 5.85. The molecule has 0 spiro atoms. The van der Waals surface area contributed by atoms with Gasteiger partial charge >= 0.3 is 5.97 Å². The van der Waals surface area contributed by atoms with Crippen molar-refractivity contribution in [2.24, 2.45) is 0 Å². The Morgan fingerprint density at radius 1 is 1.08 bits per heavy atom. The number of carboxylic acids is 1. The fraction of sp³-hybridized carbons (Fsp3) is 0.300. The second-order valence-corrected chi connectivity index (χ2v) is 6.10. The number of benzene rings is 2. The molecule has 1 amide bonds. The molecule has 0 bridgehead atoms. The monoisotopic (exact) mass is 357 g/mol. The molecule has 26 heavy (non-hydrogen) atoms. The summed E-state index contributed by atoms with van der Waals surface area (Å²) in [6.45, 7) is 3.84. The molecule has 0 heterocycles. The Hall–Kier alpha value is -3.02. The van der Waals surface area contributed by atoms with Gasteiger partial charge in [-0.15, -0.1) is 0 Å². The Balaban J connectivity index is 2.07. The maximum Gasteiger partial charge on any atom is 0.330 e. The number of aliphatic carboxylic acids is 1. The number of nitrogens with one attached hydrogen (secondary N) is 1. The van der Waals surface area contributed by atoms with E-state index < -0.39 is 12.0 Å². The Kier molecular flexibility index (Phi) is 6.60. The Labute approximate surface area is 152 Å². The zero-order valence-corrected chi connectivity index (χ0v) is 15.1. The van der Waals surface area contributed by atoms with Crippen molar-refractivity contribution in [2.75, 3.05) is 7.11 Å². The Morgan fingerprint density at radius 3 is 2.35 bits per heavy atom. The van der Waals surface area contributed by atoms with Gasteiger partial charge in [0.05, 0.1) is 19.6 Å². The minimum atomic E-state index is -1.12. The molecule has 0 aliphatic carbocycles. The number of ether oxygens (including phenoxy) is 2. The van der Waals surface area contributed by atoms with Crippen molar-refractivity contribution < 1.29 is 24.2 Å². The standard InChI is InChI=1S/C20H23NO5/c1-13(2)26-17-6-4-5-14(11-17)12-18(22)21-19(20(23)24)15-7-9-16(25-3)10-8-15/h4-11,13,19H,12H2,1-3H3,(H,21,22)(H,23,24). The summed E-state index contributed by atoms with van der Waals surface area (Å²) in [5, 5.41) is 12.0. The smallest absolute Gasteiger partial charge is 0.330 e. The number of hydrogen-bond acceptors (Lipinski definition) is 4. The minimum Gasteiger partial charge on any atom is -0.497 e. The van der Waals surface area contributed by atoms with Crippen molar-refractivity contribution in [1.29, 1.82) is 0 Å². The molecule has 138 valence electrons. The predicted molar refractivity (Wildman–Crippen MR) is 97.4 cm³/mol. The van der Waals surface area contributed by atoms with E-state index >= 15 is 0 Å². The van der Waals surface area contributed by atoms with Gasteiger partial charge in [-0.1, -0.05) is 24.3 Å². The van der Waals surface area contributed by atoms with Crippen molar-refractivity contribution in [3.63, 3.8) is 0 Å². The number of carboxylic acid groups (broad SMARTS) is 1. The Morgan fingerprint density at radius 2 is 1.77 bits per heavy atom. The van der Waals surface area contributed by atoms with E-state index in [2.05, 4.69) is 5.32 Å². The fourth-order valence-electron chi connectivity index (χ4n) is 2.48. The van der Waals surface area contributed by atoms with Crippen molar-refractivity contribution in [2.45, 2.75) is 32.4 Å². The van der Waals surface area contributed by atoms with Gasteiger partial charge in [0, 0.05) is 0 Å². The van der Waals surface area contributed by atoms with Crippen molar-refractivity contribution >= 4 is 11.9 Å². The summed E-state index contributed by atoms with van der Waals surface area (Å²) < 4.78 is 10.7. The summed E-state index contributed by atoms with van der Waals surface area (Å²) in [5.74, 6) is -0.211. The number of hydrogen-bond donors (Lipinski definition) is 2. The molecule has 1 atom stereocenters. The molecule has 0 aliphatic rings.